The van der Waals surface area contributed by atoms with Gasteiger partial charge >= 0.3 is 0 Å². The van der Waals surface area contributed by atoms with Crippen LogP contribution in [0.15, 0.2) is 0 Å². The van der Waals surface area contributed by atoms with Crippen LogP contribution >= 0.6 is 0 Å². The Hall–Kier alpha value is 0.300. The van der Waals surface area contributed by atoms with Crippen molar-refractivity contribution in [3.05, 3.63) is 0 Å². The summed E-state index contributed by atoms with van der Waals surface area (Å²) in [5.41, 5.74) is 0. The van der Waals surface area contributed by atoms with Crippen molar-refractivity contribution in [3.8, 4) is 0 Å². The Balaban J connectivity index is 2.35. The van der Waals surface area contributed by atoms with Gasteiger partial charge in [0.05, 0.1) is 5.08 Å². The van der Waals surface area contributed by atoms with Gasteiger partial charge in [0.25, 0.3) is 0 Å². The molecule has 0 radical (unpaired) electrons. The molecule has 0 spiro atoms. The average Bonchev–Trinajstić information content (AvgIpc) is 2.26. The van der Waals surface area contributed by atoms with Gasteiger partial charge in [-0.2, -0.15) is 0 Å². The van der Waals surface area contributed by atoms with Crippen molar-refractivity contribution in [2.24, 2.45) is 5.92 Å². The second kappa shape index (κ2) is 7.59. The first-order chi connectivity index (χ1) is 7.65. The summed E-state index contributed by atoms with van der Waals surface area (Å²) in [4.78, 5) is 0. The van der Waals surface area contributed by atoms with Crippen molar-refractivity contribution in [2.45, 2.75) is 57.6 Å². The molecule has 1 aliphatic carbocycles. The van der Waals surface area contributed by atoms with Gasteiger partial charge in [-0.05, 0) is 25.2 Å². The molecule has 96 valence electrons. The third-order valence-electron chi connectivity index (χ3n) is 3.34. The third-order valence-corrected chi connectivity index (χ3v) is 7.44. The minimum atomic E-state index is -0.870. The Bertz CT molecular complexity index is 253. The molecule has 4 heteroatoms. The molecule has 0 aromatic carbocycles. The summed E-state index contributed by atoms with van der Waals surface area (Å²) in [5, 5.41) is 0.717. The maximum absolute atomic E-state index is 12.1. The molecule has 0 aromatic heterocycles. The summed E-state index contributed by atoms with van der Waals surface area (Å²) >= 11 is 0. The number of rotatable bonds is 6. The van der Waals surface area contributed by atoms with Crippen molar-refractivity contribution < 1.29 is 8.42 Å². The molecule has 16 heavy (non-hydrogen) atoms. The minimum Gasteiger partial charge on any atom is -0.259 e. The fourth-order valence-corrected chi connectivity index (χ4v) is 6.16. The van der Waals surface area contributed by atoms with E-state index in [1.165, 1.54) is 19.3 Å². The summed E-state index contributed by atoms with van der Waals surface area (Å²) in [6.45, 7) is 4.29. The molecule has 0 N–H and O–H groups in total. The molecule has 4 atom stereocenters. The maximum atomic E-state index is 12.1. The average molecular weight is 264 g/mol. The van der Waals surface area contributed by atoms with E-state index < -0.39 is 21.6 Å². The van der Waals surface area contributed by atoms with E-state index in [4.69, 9.17) is 0 Å². The third kappa shape index (κ3) is 4.66. The van der Waals surface area contributed by atoms with Crippen LogP contribution in [0.25, 0.3) is 0 Å². The first-order valence-corrected chi connectivity index (χ1v) is 9.24. The predicted octanol–water partition coefficient (Wildman–Crippen LogP) is 2.82. The summed E-state index contributed by atoms with van der Waals surface area (Å²) in [6, 6.07) is 0. The second-order valence-corrected chi connectivity index (χ2v) is 8.39. The number of hydrogen-bond donors (Lipinski definition) is 0. The van der Waals surface area contributed by atoms with Crippen molar-refractivity contribution in [1.82, 2.24) is 0 Å². The standard InChI is InChI=1S/C12H24O2S2/c1-3-4-9-15(13)10-16(14)12-8-6-5-7-11(12)2/h11-12H,3-10H2,1-2H3. The first-order valence-electron chi connectivity index (χ1n) is 6.37. The van der Waals surface area contributed by atoms with Gasteiger partial charge in [-0.15, -0.1) is 0 Å². The monoisotopic (exact) mass is 264 g/mol. The van der Waals surface area contributed by atoms with Crippen molar-refractivity contribution >= 4 is 21.6 Å². The van der Waals surface area contributed by atoms with Crippen LogP contribution in [0.2, 0.25) is 0 Å². The molecule has 2 nitrogen and oxygen atoms in total. The van der Waals surface area contributed by atoms with Gasteiger partial charge < -0.3 is 0 Å². The van der Waals surface area contributed by atoms with Crippen LogP contribution in [-0.2, 0) is 21.6 Å². The zero-order chi connectivity index (χ0) is 12.0. The largest absolute Gasteiger partial charge is 0.259 e. The maximum Gasteiger partial charge on any atom is 0.0994 e. The highest BCUT2D eigenvalue weighted by Gasteiger charge is 2.27. The van der Waals surface area contributed by atoms with Crippen LogP contribution in [0, 0.1) is 5.92 Å². The van der Waals surface area contributed by atoms with Crippen LogP contribution in [0.3, 0.4) is 0 Å². The van der Waals surface area contributed by atoms with Crippen LogP contribution in [0.1, 0.15) is 52.4 Å². The highest BCUT2D eigenvalue weighted by atomic mass is 32.2. The van der Waals surface area contributed by atoms with Gasteiger partial charge in [-0.1, -0.05) is 33.1 Å². The number of unbranched alkanes of at least 4 members (excludes halogenated alkanes) is 1. The topological polar surface area (TPSA) is 34.1 Å². The Kier molecular flexibility index (Phi) is 6.81. The lowest BCUT2D eigenvalue weighted by Crippen LogP contribution is -2.29. The molecule has 1 rings (SSSR count). The lowest BCUT2D eigenvalue weighted by molar-refractivity contribution is 0.391. The van der Waals surface area contributed by atoms with Crippen molar-refractivity contribution in [3.63, 3.8) is 0 Å². The normalized spacial score (nSPS) is 29.9. The van der Waals surface area contributed by atoms with Gasteiger partial charge in [0.1, 0.15) is 0 Å². The second-order valence-electron chi connectivity index (χ2n) is 4.80. The van der Waals surface area contributed by atoms with Gasteiger partial charge in [-0.3, -0.25) is 8.42 Å². The molecule has 0 saturated heterocycles. The SMILES string of the molecule is CCCCS(=O)CS(=O)C1CCCCC1C. The van der Waals surface area contributed by atoms with E-state index in [-0.39, 0.29) is 0 Å². The summed E-state index contributed by atoms with van der Waals surface area (Å²) in [5.74, 6) is 1.28. The van der Waals surface area contributed by atoms with Gasteiger partial charge in [0.15, 0.2) is 0 Å². The summed E-state index contributed by atoms with van der Waals surface area (Å²) < 4.78 is 23.8. The molecule has 0 bridgehead atoms. The molecule has 0 aliphatic heterocycles. The Morgan fingerprint density at radius 2 is 1.88 bits per heavy atom. The Morgan fingerprint density at radius 3 is 2.50 bits per heavy atom. The van der Waals surface area contributed by atoms with E-state index in [0.29, 0.717) is 16.3 Å². The van der Waals surface area contributed by atoms with Crippen LogP contribution in [0.5, 0.6) is 0 Å². The smallest absolute Gasteiger partial charge is 0.0994 e. The van der Waals surface area contributed by atoms with Gasteiger partial charge in [0, 0.05) is 32.6 Å². The minimum absolute atomic E-state index is 0.305. The molecule has 0 aromatic rings. The first kappa shape index (κ1) is 14.4. The lowest BCUT2D eigenvalue weighted by atomic mass is 9.90. The van der Waals surface area contributed by atoms with Crippen molar-refractivity contribution in [2.75, 3.05) is 10.8 Å². The van der Waals surface area contributed by atoms with Crippen LogP contribution < -0.4 is 0 Å². The van der Waals surface area contributed by atoms with E-state index >= 15 is 0 Å². The molecule has 4 unspecified atom stereocenters. The van der Waals surface area contributed by atoms with E-state index in [0.717, 1.165) is 25.0 Å². The lowest BCUT2D eigenvalue weighted by Gasteiger charge is -2.27. The predicted molar refractivity (Wildman–Crippen MR) is 72.3 cm³/mol. The van der Waals surface area contributed by atoms with Crippen LogP contribution in [0.4, 0.5) is 0 Å². The van der Waals surface area contributed by atoms with E-state index in [9.17, 15) is 8.42 Å². The summed E-state index contributed by atoms with van der Waals surface area (Å²) in [6.07, 6.45) is 6.79. The fraction of sp³-hybridized carbons (Fsp3) is 1.00. The van der Waals surface area contributed by atoms with E-state index in [1.54, 1.807) is 0 Å². The van der Waals surface area contributed by atoms with Crippen molar-refractivity contribution in [1.29, 1.82) is 0 Å². The Labute approximate surface area is 104 Å². The van der Waals surface area contributed by atoms with Gasteiger partial charge in [-0.25, -0.2) is 0 Å². The molecule has 1 fully saturated rings. The van der Waals surface area contributed by atoms with Crippen LogP contribution in [-0.4, -0.2) is 24.5 Å². The van der Waals surface area contributed by atoms with E-state index in [2.05, 4.69) is 13.8 Å². The molecule has 0 heterocycles. The fourth-order valence-electron chi connectivity index (χ4n) is 2.25. The zero-order valence-electron chi connectivity index (χ0n) is 10.4. The molecule has 1 aliphatic rings. The highest BCUT2D eigenvalue weighted by molar-refractivity contribution is 8.02. The molecule has 0 amide bonds. The van der Waals surface area contributed by atoms with Gasteiger partial charge in [0.2, 0.25) is 0 Å². The molecular weight excluding hydrogens is 240 g/mol. The summed E-state index contributed by atoms with van der Waals surface area (Å²) in [7, 11) is -1.74. The molecule has 1 saturated carbocycles. The molecular formula is C12H24O2S2. The zero-order valence-corrected chi connectivity index (χ0v) is 12.1. The number of hydrogen-bond acceptors (Lipinski definition) is 2. The van der Waals surface area contributed by atoms with E-state index in [1.807, 2.05) is 0 Å². The Morgan fingerprint density at radius 1 is 1.19 bits per heavy atom. The quantitative estimate of drug-likeness (QED) is 0.739. The highest BCUT2D eigenvalue weighted by Crippen LogP contribution is 2.28.